The van der Waals surface area contributed by atoms with E-state index in [-0.39, 0.29) is 11.8 Å². The number of hydrogen-bond acceptors (Lipinski definition) is 4. The van der Waals surface area contributed by atoms with Crippen molar-refractivity contribution in [1.29, 1.82) is 0 Å². The van der Waals surface area contributed by atoms with Crippen LogP contribution in [0.25, 0.3) is 0 Å². The highest BCUT2D eigenvalue weighted by molar-refractivity contribution is 6.34. The molecule has 26 heavy (non-hydrogen) atoms. The molecule has 0 aromatic heterocycles. The van der Waals surface area contributed by atoms with E-state index in [2.05, 4.69) is 5.32 Å². The summed E-state index contributed by atoms with van der Waals surface area (Å²) < 4.78 is 6.03. The SMILES string of the molecule is CNc1ccccc1Oc1ccccc1N1C(=O)c2ccccc2C1=O. The van der Waals surface area contributed by atoms with Gasteiger partial charge in [-0.25, -0.2) is 4.90 Å². The maximum atomic E-state index is 12.8. The van der Waals surface area contributed by atoms with E-state index in [4.69, 9.17) is 4.74 Å². The van der Waals surface area contributed by atoms with Gasteiger partial charge in [-0.15, -0.1) is 0 Å². The first-order chi connectivity index (χ1) is 12.7. The van der Waals surface area contributed by atoms with Gasteiger partial charge in [0.15, 0.2) is 11.5 Å². The van der Waals surface area contributed by atoms with Crippen LogP contribution < -0.4 is 15.0 Å². The summed E-state index contributed by atoms with van der Waals surface area (Å²) in [6.07, 6.45) is 0. The number of imide groups is 1. The summed E-state index contributed by atoms with van der Waals surface area (Å²) in [5.74, 6) is 0.357. The smallest absolute Gasteiger partial charge is 0.266 e. The van der Waals surface area contributed by atoms with Crippen LogP contribution in [0.1, 0.15) is 20.7 Å². The first kappa shape index (κ1) is 15.9. The van der Waals surface area contributed by atoms with Crippen LogP contribution in [-0.4, -0.2) is 18.9 Å². The molecule has 4 rings (SSSR count). The zero-order chi connectivity index (χ0) is 18.1. The third-order valence-corrected chi connectivity index (χ3v) is 4.28. The first-order valence-electron chi connectivity index (χ1n) is 8.22. The predicted molar refractivity (Wildman–Crippen MR) is 100 cm³/mol. The maximum Gasteiger partial charge on any atom is 0.266 e. The van der Waals surface area contributed by atoms with Crippen LogP contribution in [0.5, 0.6) is 11.5 Å². The summed E-state index contributed by atoms with van der Waals surface area (Å²) in [5, 5.41) is 3.06. The number of carbonyl (C=O) groups is 2. The first-order valence-corrected chi connectivity index (χ1v) is 8.22. The second-order valence-corrected chi connectivity index (χ2v) is 5.81. The molecule has 5 nitrogen and oxygen atoms in total. The van der Waals surface area contributed by atoms with Crippen molar-refractivity contribution in [2.24, 2.45) is 0 Å². The van der Waals surface area contributed by atoms with Gasteiger partial charge in [0.1, 0.15) is 0 Å². The number of anilines is 2. The zero-order valence-corrected chi connectivity index (χ0v) is 14.1. The Bertz CT molecular complexity index is 978. The van der Waals surface area contributed by atoms with Gasteiger partial charge in [0, 0.05) is 7.05 Å². The van der Waals surface area contributed by atoms with Crippen LogP contribution in [-0.2, 0) is 0 Å². The molecule has 1 aliphatic heterocycles. The summed E-state index contributed by atoms with van der Waals surface area (Å²) in [7, 11) is 1.80. The molecule has 1 heterocycles. The Hall–Kier alpha value is -3.60. The van der Waals surface area contributed by atoms with E-state index in [1.807, 2.05) is 24.3 Å². The number of nitrogens with one attached hydrogen (secondary N) is 1. The molecule has 3 aromatic carbocycles. The fraction of sp³-hybridized carbons (Fsp3) is 0.0476. The van der Waals surface area contributed by atoms with Gasteiger partial charge in [0.25, 0.3) is 11.8 Å². The highest BCUT2D eigenvalue weighted by atomic mass is 16.5. The second-order valence-electron chi connectivity index (χ2n) is 5.81. The van der Waals surface area contributed by atoms with Gasteiger partial charge in [-0.3, -0.25) is 9.59 Å². The van der Waals surface area contributed by atoms with Crippen LogP contribution in [0.2, 0.25) is 0 Å². The monoisotopic (exact) mass is 344 g/mol. The minimum atomic E-state index is -0.344. The van der Waals surface area contributed by atoms with Crippen molar-refractivity contribution in [1.82, 2.24) is 0 Å². The minimum Gasteiger partial charge on any atom is -0.453 e. The van der Waals surface area contributed by atoms with Crippen LogP contribution in [0.15, 0.2) is 72.8 Å². The summed E-state index contributed by atoms with van der Waals surface area (Å²) in [6, 6.07) is 21.3. The second kappa shape index (κ2) is 6.37. The maximum absolute atomic E-state index is 12.8. The summed E-state index contributed by atoms with van der Waals surface area (Å²) in [6.45, 7) is 0. The van der Waals surface area contributed by atoms with E-state index in [0.717, 1.165) is 5.69 Å². The van der Waals surface area contributed by atoms with Gasteiger partial charge in [0.2, 0.25) is 0 Å². The molecule has 0 aliphatic carbocycles. The standard InChI is InChI=1S/C21H16N2O3/c1-22-16-10-4-6-12-18(16)26-19-13-7-5-11-17(19)23-20(24)14-8-2-3-9-15(14)21(23)25/h2-13,22H,1H3. The van der Waals surface area contributed by atoms with Crippen LogP contribution in [0, 0.1) is 0 Å². The van der Waals surface area contributed by atoms with Gasteiger partial charge < -0.3 is 10.1 Å². The van der Waals surface area contributed by atoms with Gasteiger partial charge in [-0.1, -0.05) is 36.4 Å². The van der Waals surface area contributed by atoms with E-state index in [1.54, 1.807) is 55.6 Å². The summed E-state index contributed by atoms with van der Waals surface area (Å²) in [4.78, 5) is 26.7. The highest BCUT2D eigenvalue weighted by Gasteiger charge is 2.37. The molecule has 0 radical (unpaired) electrons. The third-order valence-electron chi connectivity index (χ3n) is 4.28. The molecular formula is C21H16N2O3. The Labute approximate surface area is 150 Å². The van der Waals surface area contributed by atoms with Crippen LogP contribution in [0.3, 0.4) is 0 Å². The Kier molecular flexibility index (Phi) is 3.89. The Morgan fingerprint density at radius 2 is 1.27 bits per heavy atom. The van der Waals surface area contributed by atoms with Gasteiger partial charge in [-0.05, 0) is 36.4 Å². The molecular weight excluding hydrogens is 328 g/mol. The van der Waals surface area contributed by atoms with E-state index < -0.39 is 0 Å². The van der Waals surface area contributed by atoms with E-state index in [1.165, 1.54) is 4.90 Å². The lowest BCUT2D eigenvalue weighted by atomic mass is 10.1. The van der Waals surface area contributed by atoms with Crippen molar-refractivity contribution in [3.63, 3.8) is 0 Å². The van der Waals surface area contributed by atoms with Crippen LogP contribution in [0.4, 0.5) is 11.4 Å². The number of nitrogens with zero attached hydrogens (tertiary/aromatic N) is 1. The molecule has 1 N–H and O–H groups in total. The number of fused-ring (bicyclic) bond motifs is 1. The summed E-state index contributed by atoms with van der Waals surface area (Å²) >= 11 is 0. The lowest BCUT2D eigenvalue weighted by molar-refractivity contribution is 0.0925. The number of amides is 2. The quantitative estimate of drug-likeness (QED) is 0.716. The molecule has 0 fully saturated rings. The average Bonchev–Trinajstić information content (AvgIpc) is 2.94. The zero-order valence-electron chi connectivity index (χ0n) is 14.1. The number of hydrogen-bond donors (Lipinski definition) is 1. The molecule has 128 valence electrons. The van der Waals surface area contributed by atoms with E-state index in [0.29, 0.717) is 28.3 Å². The number of rotatable bonds is 4. The van der Waals surface area contributed by atoms with Crippen molar-refractivity contribution < 1.29 is 14.3 Å². The van der Waals surface area contributed by atoms with Crippen molar-refractivity contribution >= 4 is 23.2 Å². The van der Waals surface area contributed by atoms with E-state index in [9.17, 15) is 9.59 Å². The van der Waals surface area contributed by atoms with Gasteiger partial charge >= 0.3 is 0 Å². The number of ether oxygens (including phenoxy) is 1. The predicted octanol–water partition coefficient (Wildman–Crippen LogP) is 4.32. The van der Waals surface area contributed by atoms with E-state index >= 15 is 0 Å². The topological polar surface area (TPSA) is 58.6 Å². The highest BCUT2D eigenvalue weighted by Crippen LogP contribution is 2.38. The molecule has 0 saturated carbocycles. The number of para-hydroxylation sites is 4. The summed E-state index contributed by atoms with van der Waals surface area (Å²) in [5.41, 5.74) is 2.04. The molecule has 0 unspecified atom stereocenters. The molecule has 3 aromatic rings. The van der Waals surface area contributed by atoms with Crippen molar-refractivity contribution in [2.75, 3.05) is 17.3 Å². The molecule has 2 amide bonds. The number of benzene rings is 3. The third kappa shape index (κ3) is 2.50. The lowest BCUT2D eigenvalue weighted by Crippen LogP contribution is -2.29. The Morgan fingerprint density at radius 1 is 0.731 bits per heavy atom. The molecule has 1 aliphatic rings. The van der Waals surface area contributed by atoms with Crippen molar-refractivity contribution in [3.05, 3.63) is 83.9 Å². The minimum absolute atomic E-state index is 0.344. The molecule has 0 saturated heterocycles. The largest absolute Gasteiger partial charge is 0.453 e. The molecule has 5 heteroatoms. The fourth-order valence-electron chi connectivity index (χ4n) is 3.02. The van der Waals surface area contributed by atoms with Gasteiger partial charge in [0.05, 0.1) is 22.5 Å². The van der Waals surface area contributed by atoms with Crippen LogP contribution >= 0.6 is 0 Å². The Balaban J connectivity index is 1.76. The molecule has 0 spiro atoms. The van der Waals surface area contributed by atoms with Crippen molar-refractivity contribution in [2.45, 2.75) is 0 Å². The fourth-order valence-corrected chi connectivity index (χ4v) is 3.02. The van der Waals surface area contributed by atoms with Gasteiger partial charge in [-0.2, -0.15) is 0 Å². The molecule has 0 atom stereocenters. The average molecular weight is 344 g/mol. The molecule has 0 bridgehead atoms. The lowest BCUT2D eigenvalue weighted by Gasteiger charge is -2.19. The Morgan fingerprint density at radius 3 is 1.92 bits per heavy atom. The normalized spacial score (nSPS) is 12.9. The van der Waals surface area contributed by atoms with Crippen molar-refractivity contribution in [3.8, 4) is 11.5 Å². The number of carbonyl (C=O) groups excluding carboxylic acids is 2.